The van der Waals surface area contributed by atoms with E-state index in [1.165, 1.54) is 0 Å². The Bertz CT molecular complexity index is 627. The Hall–Kier alpha value is -3.11. The summed E-state index contributed by atoms with van der Waals surface area (Å²) >= 11 is 0. The number of oxime groups is 1. The summed E-state index contributed by atoms with van der Waals surface area (Å²) in [6, 6.07) is 17.5. The average molecular weight is 247 g/mol. The molecule has 0 saturated heterocycles. The van der Waals surface area contributed by atoms with Crippen LogP contribution in [0, 0.1) is 22.7 Å². The standard InChI is InChI=1S/C15H9N3O/c16-9-11-1-5-13(6-2-11)15(18-19)14-7-3-12(10-17)4-8-14/h1-8,19H. The second-order valence-electron chi connectivity index (χ2n) is 3.83. The molecule has 4 heteroatoms. The lowest BCUT2D eigenvalue weighted by atomic mass is 10.0. The first-order chi connectivity index (χ1) is 9.28. The highest BCUT2D eigenvalue weighted by Gasteiger charge is 2.07. The highest BCUT2D eigenvalue weighted by Crippen LogP contribution is 2.13. The molecule has 0 spiro atoms. The highest BCUT2D eigenvalue weighted by molar-refractivity contribution is 6.12. The van der Waals surface area contributed by atoms with Crippen molar-refractivity contribution in [1.82, 2.24) is 0 Å². The van der Waals surface area contributed by atoms with Crippen molar-refractivity contribution in [2.24, 2.45) is 5.16 Å². The van der Waals surface area contributed by atoms with Crippen LogP contribution in [0.2, 0.25) is 0 Å². The van der Waals surface area contributed by atoms with Gasteiger partial charge < -0.3 is 5.21 Å². The summed E-state index contributed by atoms with van der Waals surface area (Å²) in [5.41, 5.74) is 2.88. The fourth-order valence-electron chi connectivity index (χ4n) is 1.69. The molecule has 4 nitrogen and oxygen atoms in total. The fourth-order valence-corrected chi connectivity index (χ4v) is 1.69. The van der Waals surface area contributed by atoms with Gasteiger partial charge in [-0.05, 0) is 24.3 Å². The maximum atomic E-state index is 9.14. The van der Waals surface area contributed by atoms with Gasteiger partial charge in [-0.15, -0.1) is 0 Å². The van der Waals surface area contributed by atoms with Crippen LogP contribution in [0.1, 0.15) is 22.3 Å². The zero-order chi connectivity index (χ0) is 13.7. The van der Waals surface area contributed by atoms with E-state index < -0.39 is 0 Å². The molecule has 0 fully saturated rings. The molecule has 0 radical (unpaired) electrons. The van der Waals surface area contributed by atoms with Gasteiger partial charge >= 0.3 is 0 Å². The lowest BCUT2D eigenvalue weighted by Gasteiger charge is -2.05. The third-order valence-corrected chi connectivity index (χ3v) is 2.67. The quantitative estimate of drug-likeness (QED) is 0.503. The highest BCUT2D eigenvalue weighted by atomic mass is 16.4. The number of nitriles is 2. The van der Waals surface area contributed by atoms with E-state index in [-0.39, 0.29) is 0 Å². The minimum atomic E-state index is 0.397. The molecule has 0 aliphatic carbocycles. The first-order valence-electron chi connectivity index (χ1n) is 5.51. The summed E-state index contributed by atoms with van der Waals surface area (Å²) in [6.45, 7) is 0. The molecule has 0 unspecified atom stereocenters. The number of hydrogen-bond acceptors (Lipinski definition) is 4. The molecule has 0 heterocycles. The Balaban J connectivity index is 2.39. The monoisotopic (exact) mass is 247 g/mol. The van der Waals surface area contributed by atoms with Gasteiger partial charge in [0, 0.05) is 11.1 Å². The van der Waals surface area contributed by atoms with Crippen molar-refractivity contribution >= 4 is 5.71 Å². The molecule has 19 heavy (non-hydrogen) atoms. The van der Waals surface area contributed by atoms with E-state index >= 15 is 0 Å². The summed E-state index contributed by atoms with van der Waals surface area (Å²) in [5.74, 6) is 0. The Morgan fingerprint density at radius 2 is 1.16 bits per heavy atom. The molecule has 0 atom stereocenters. The third-order valence-electron chi connectivity index (χ3n) is 2.67. The molecular weight excluding hydrogens is 238 g/mol. The topological polar surface area (TPSA) is 80.2 Å². The van der Waals surface area contributed by atoms with Gasteiger partial charge in [0.25, 0.3) is 0 Å². The van der Waals surface area contributed by atoms with Crippen molar-refractivity contribution in [1.29, 1.82) is 10.5 Å². The molecule has 0 aliphatic heterocycles. The third kappa shape index (κ3) is 2.59. The van der Waals surface area contributed by atoms with Gasteiger partial charge in [-0.25, -0.2) is 0 Å². The van der Waals surface area contributed by atoms with Crippen molar-refractivity contribution in [3.63, 3.8) is 0 Å². The van der Waals surface area contributed by atoms with Crippen LogP contribution in [0.15, 0.2) is 53.7 Å². The Morgan fingerprint density at radius 1 is 0.789 bits per heavy atom. The molecule has 1 N–H and O–H groups in total. The van der Waals surface area contributed by atoms with E-state index in [9.17, 15) is 0 Å². The second kappa shape index (κ2) is 5.48. The molecule has 0 aliphatic rings. The Labute approximate surface area is 110 Å². The van der Waals surface area contributed by atoms with Gasteiger partial charge in [0.2, 0.25) is 0 Å². The summed E-state index contributed by atoms with van der Waals surface area (Å²) < 4.78 is 0. The Morgan fingerprint density at radius 3 is 1.42 bits per heavy atom. The van der Waals surface area contributed by atoms with E-state index in [0.717, 1.165) is 0 Å². The number of benzene rings is 2. The minimum Gasteiger partial charge on any atom is -0.410 e. The van der Waals surface area contributed by atoms with Crippen LogP contribution in [0.25, 0.3) is 0 Å². The molecule has 0 bridgehead atoms. The lowest BCUT2D eigenvalue weighted by molar-refractivity contribution is 0.319. The molecule has 2 aromatic carbocycles. The molecule has 0 aromatic heterocycles. The van der Waals surface area contributed by atoms with Gasteiger partial charge in [0.05, 0.1) is 23.3 Å². The summed E-state index contributed by atoms with van der Waals surface area (Å²) in [7, 11) is 0. The summed E-state index contributed by atoms with van der Waals surface area (Å²) in [4.78, 5) is 0. The second-order valence-corrected chi connectivity index (χ2v) is 3.83. The normalized spacial score (nSPS) is 9.16. The van der Waals surface area contributed by atoms with Crippen molar-refractivity contribution in [3.8, 4) is 12.1 Å². The van der Waals surface area contributed by atoms with E-state index in [1.807, 2.05) is 12.1 Å². The van der Waals surface area contributed by atoms with Crippen LogP contribution in [-0.2, 0) is 0 Å². The predicted molar refractivity (Wildman–Crippen MR) is 69.7 cm³/mol. The van der Waals surface area contributed by atoms with E-state index in [2.05, 4.69) is 5.16 Å². The van der Waals surface area contributed by atoms with Crippen molar-refractivity contribution in [3.05, 3.63) is 70.8 Å². The minimum absolute atomic E-state index is 0.397. The first kappa shape index (κ1) is 12.3. The maximum Gasteiger partial charge on any atom is 0.117 e. The molecule has 2 rings (SSSR count). The van der Waals surface area contributed by atoms with Crippen LogP contribution in [0.5, 0.6) is 0 Å². The summed E-state index contributed by atoms with van der Waals surface area (Å²) in [5, 5.41) is 29.9. The predicted octanol–water partition coefficient (Wildman–Crippen LogP) is 2.66. The molecule has 90 valence electrons. The fraction of sp³-hybridized carbons (Fsp3) is 0. The van der Waals surface area contributed by atoms with E-state index in [4.69, 9.17) is 15.7 Å². The van der Waals surface area contributed by atoms with Crippen LogP contribution in [-0.4, -0.2) is 10.9 Å². The van der Waals surface area contributed by atoms with Gasteiger partial charge in [0.1, 0.15) is 5.71 Å². The summed E-state index contributed by atoms with van der Waals surface area (Å²) in [6.07, 6.45) is 0. The van der Waals surface area contributed by atoms with Gasteiger partial charge in [-0.3, -0.25) is 0 Å². The lowest BCUT2D eigenvalue weighted by Crippen LogP contribution is -2.03. The number of rotatable bonds is 2. The van der Waals surface area contributed by atoms with Gasteiger partial charge in [-0.2, -0.15) is 10.5 Å². The van der Waals surface area contributed by atoms with Crippen molar-refractivity contribution in [2.75, 3.05) is 0 Å². The van der Waals surface area contributed by atoms with Gasteiger partial charge in [-0.1, -0.05) is 29.4 Å². The van der Waals surface area contributed by atoms with Crippen LogP contribution in [0.3, 0.4) is 0 Å². The molecular formula is C15H9N3O. The number of hydrogen-bond donors (Lipinski definition) is 1. The maximum absolute atomic E-state index is 9.14. The number of nitrogens with zero attached hydrogens (tertiary/aromatic N) is 3. The van der Waals surface area contributed by atoms with Crippen molar-refractivity contribution in [2.45, 2.75) is 0 Å². The van der Waals surface area contributed by atoms with E-state index in [0.29, 0.717) is 28.0 Å². The molecule has 2 aromatic rings. The average Bonchev–Trinajstić information content (AvgIpc) is 2.49. The van der Waals surface area contributed by atoms with E-state index in [1.54, 1.807) is 48.5 Å². The smallest absolute Gasteiger partial charge is 0.117 e. The van der Waals surface area contributed by atoms with Crippen molar-refractivity contribution < 1.29 is 5.21 Å². The first-order valence-corrected chi connectivity index (χ1v) is 5.51. The van der Waals surface area contributed by atoms with Crippen LogP contribution in [0.4, 0.5) is 0 Å². The van der Waals surface area contributed by atoms with Gasteiger partial charge in [0.15, 0.2) is 0 Å². The largest absolute Gasteiger partial charge is 0.410 e. The Kier molecular flexibility index (Phi) is 3.56. The zero-order valence-corrected chi connectivity index (χ0v) is 9.91. The molecule has 0 amide bonds. The van der Waals surface area contributed by atoms with Crippen LogP contribution >= 0.6 is 0 Å². The molecule has 0 saturated carbocycles. The van der Waals surface area contributed by atoms with Crippen LogP contribution < -0.4 is 0 Å². The SMILES string of the molecule is N#Cc1ccc(C(=NO)c2ccc(C#N)cc2)cc1. The zero-order valence-electron chi connectivity index (χ0n) is 9.91.